The van der Waals surface area contributed by atoms with Crippen molar-refractivity contribution in [2.24, 2.45) is 5.92 Å². The van der Waals surface area contributed by atoms with Gasteiger partial charge < -0.3 is 9.64 Å². The number of ether oxygens (including phenoxy) is 1. The molecule has 1 aliphatic heterocycles. The van der Waals surface area contributed by atoms with Gasteiger partial charge >= 0.3 is 6.09 Å². The molecule has 1 fully saturated rings. The Labute approximate surface area is 100 Å². The predicted molar refractivity (Wildman–Crippen MR) is 67.6 cm³/mol. The molecule has 0 aromatic rings. The van der Waals surface area contributed by atoms with Crippen LogP contribution in [-0.4, -0.2) is 29.7 Å². The first-order valence-corrected chi connectivity index (χ1v) is 6.36. The van der Waals surface area contributed by atoms with E-state index < -0.39 is 0 Å². The minimum absolute atomic E-state index is 0.163. The summed E-state index contributed by atoms with van der Waals surface area (Å²) in [5.74, 6) is 0.744. The van der Waals surface area contributed by atoms with Crippen LogP contribution in [0.25, 0.3) is 0 Å². The molecular formula is C13H27NO2. The molecule has 1 saturated heterocycles. The number of carbonyl (C=O) groups excluding carboxylic acids is 1. The van der Waals surface area contributed by atoms with E-state index in [1.165, 1.54) is 0 Å². The largest absolute Gasteiger partial charge is 0.444 e. The highest BCUT2D eigenvalue weighted by Crippen LogP contribution is 2.18. The second kappa shape index (κ2) is 6.77. The van der Waals surface area contributed by atoms with Crippen molar-refractivity contribution in [3.05, 3.63) is 0 Å². The van der Waals surface area contributed by atoms with Crippen molar-refractivity contribution in [3.63, 3.8) is 0 Å². The Bertz CT molecular complexity index is 200. The molecule has 1 aliphatic rings. The van der Waals surface area contributed by atoms with Crippen LogP contribution in [0.4, 0.5) is 4.79 Å². The molecule has 3 nitrogen and oxygen atoms in total. The summed E-state index contributed by atoms with van der Waals surface area (Å²) in [6.07, 6.45) is 2.03. The van der Waals surface area contributed by atoms with Crippen molar-refractivity contribution < 1.29 is 9.53 Å². The van der Waals surface area contributed by atoms with Gasteiger partial charge in [-0.2, -0.15) is 0 Å². The molecule has 1 heterocycles. The van der Waals surface area contributed by atoms with Gasteiger partial charge in [0, 0.05) is 13.1 Å². The second-order valence-electron chi connectivity index (χ2n) is 5.15. The van der Waals surface area contributed by atoms with Gasteiger partial charge in [-0.15, -0.1) is 0 Å². The smallest absolute Gasteiger partial charge is 0.410 e. The van der Waals surface area contributed by atoms with Crippen LogP contribution in [0.5, 0.6) is 0 Å². The molecule has 0 saturated carbocycles. The fourth-order valence-corrected chi connectivity index (χ4v) is 1.52. The van der Waals surface area contributed by atoms with Crippen LogP contribution in [0.1, 0.15) is 54.4 Å². The van der Waals surface area contributed by atoms with Gasteiger partial charge in [-0.1, -0.05) is 20.8 Å². The lowest BCUT2D eigenvalue weighted by molar-refractivity contribution is 0.0190. The monoisotopic (exact) mass is 229 g/mol. The van der Waals surface area contributed by atoms with Crippen molar-refractivity contribution in [2.45, 2.75) is 60.0 Å². The molecule has 16 heavy (non-hydrogen) atoms. The minimum atomic E-state index is -0.375. The summed E-state index contributed by atoms with van der Waals surface area (Å²) in [7, 11) is 0. The molecule has 0 atom stereocenters. The quantitative estimate of drug-likeness (QED) is 0.634. The number of likely N-dealkylation sites (tertiary alicyclic amines) is 1. The van der Waals surface area contributed by atoms with Gasteiger partial charge in [0.25, 0.3) is 0 Å². The third-order valence-corrected chi connectivity index (χ3v) is 2.44. The van der Waals surface area contributed by atoms with E-state index in [0.717, 1.165) is 31.8 Å². The normalized spacial score (nSPS) is 17.5. The van der Waals surface area contributed by atoms with E-state index in [2.05, 4.69) is 6.92 Å². The predicted octanol–water partition coefficient (Wildman–Crippen LogP) is 3.68. The van der Waals surface area contributed by atoms with Crippen molar-refractivity contribution in [1.82, 2.24) is 4.90 Å². The molecule has 1 rings (SSSR count). The molecule has 0 aliphatic carbocycles. The second-order valence-corrected chi connectivity index (χ2v) is 5.15. The fraction of sp³-hybridized carbons (Fsp3) is 0.923. The maximum absolute atomic E-state index is 11.6. The Balaban J connectivity index is 0.00000106. The lowest BCUT2D eigenvalue weighted by atomic mass is 10.00. The van der Waals surface area contributed by atoms with Gasteiger partial charge in [0.1, 0.15) is 5.60 Å². The first kappa shape index (κ1) is 15.3. The van der Waals surface area contributed by atoms with Gasteiger partial charge in [0.2, 0.25) is 0 Å². The van der Waals surface area contributed by atoms with Crippen molar-refractivity contribution in [2.75, 3.05) is 13.1 Å². The summed E-state index contributed by atoms with van der Waals surface area (Å²) >= 11 is 0. The lowest BCUT2D eigenvalue weighted by Gasteiger charge is -2.32. The summed E-state index contributed by atoms with van der Waals surface area (Å²) in [5.41, 5.74) is -0.375. The van der Waals surface area contributed by atoms with E-state index >= 15 is 0 Å². The molecular weight excluding hydrogens is 202 g/mol. The molecule has 1 amide bonds. The average molecular weight is 229 g/mol. The Morgan fingerprint density at radius 2 is 1.62 bits per heavy atom. The molecule has 0 aromatic carbocycles. The van der Waals surface area contributed by atoms with Gasteiger partial charge in [0.15, 0.2) is 0 Å². The first-order valence-electron chi connectivity index (χ1n) is 6.36. The van der Waals surface area contributed by atoms with Gasteiger partial charge in [-0.05, 0) is 39.5 Å². The maximum Gasteiger partial charge on any atom is 0.410 e. The molecule has 96 valence electrons. The molecule has 0 spiro atoms. The van der Waals surface area contributed by atoms with E-state index in [1.54, 1.807) is 0 Å². The third-order valence-electron chi connectivity index (χ3n) is 2.44. The highest BCUT2D eigenvalue weighted by atomic mass is 16.6. The zero-order valence-electron chi connectivity index (χ0n) is 11.7. The van der Waals surface area contributed by atoms with Crippen LogP contribution in [0.3, 0.4) is 0 Å². The van der Waals surface area contributed by atoms with Gasteiger partial charge in [-0.3, -0.25) is 0 Å². The molecule has 3 heteroatoms. The standard InChI is InChI=1S/C11H21NO2.C2H6/c1-9-5-7-12(8-6-9)10(13)14-11(2,3)4;1-2/h9H,5-8H2,1-4H3;1-2H3. The van der Waals surface area contributed by atoms with Crippen LogP contribution in [-0.2, 0) is 4.74 Å². The minimum Gasteiger partial charge on any atom is -0.444 e. The Hall–Kier alpha value is -0.730. The molecule has 0 radical (unpaired) electrons. The Kier molecular flexibility index (Phi) is 6.46. The number of carbonyl (C=O) groups is 1. The maximum atomic E-state index is 11.6. The number of piperidine rings is 1. The topological polar surface area (TPSA) is 29.5 Å². The molecule has 0 unspecified atom stereocenters. The summed E-state index contributed by atoms with van der Waals surface area (Å²) in [5, 5.41) is 0. The highest BCUT2D eigenvalue weighted by molar-refractivity contribution is 5.68. The molecule has 0 bridgehead atoms. The number of nitrogens with zero attached hydrogens (tertiary/aromatic N) is 1. The van der Waals surface area contributed by atoms with E-state index in [9.17, 15) is 4.79 Å². The van der Waals surface area contributed by atoms with Crippen LogP contribution >= 0.6 is 0 Å². The van der Waals surface area contributed by atoms with E-state index in [4.69, 9.17) is 4.74 Å². The number of hydrogen-bond donors (Lipinski definition) is 0. The molecule has 0 N–H and O–H groups in total. The van der Waals surface area contributed by atoms with Crippen molar-refractivity contribution >= 4 is 6.09 Å². The fourth-order valence-electron chi connectivity index (χ4n) is 1.52. The number of rotatable bonds is 0. The zero-order chi connectivity index (χ0) is 12.8. The Morgan fingerprint density at radius 1 is 1.19 bits per heavy atom. The van der Waals surface area contributed by atoms with Gasteiger partial charge in [0.05, 0.1) is 0 Å². The van der Waals surface area contributed by atoms with Crippen molar-refractivity contribution in [3.8, 4) is 0 Å². The van der Waals surface area contributed by atoms with Crippen LogP contribution in [0.2, 0.25) is 0 Å². The number of amides is 1. The van der Waals surface area contributed by atoms with E-state index in [0.29, 0.717) is 0 Å². The number of hydrogen-bond acceptors (Lipinski definition) is 2. The van der Waals surface area contributed by atoms with Crippen LogP contribution in [0, 0.1) is 5.92 Å². The summed E-state index contributed by atoms with van der Waals surface area (Å²) in [6.45, 7) is 13.6. The highest BCUT2D eigenvalue weighted by Gasteiger charge is 2.24. The summed E-state index contributed by atoms with van der Waals surface area (Å²) < 4.78 is 5.30. The van der Waals surface area contributed by atoms with E-state index in [-0.39, 0.29) is 11.7 Å². The van der Waals surface area contributed by atoms with Crippen LogP contribution < -0.4 is 0 Å². The molecule has 0 aromatic heterocycles. The zero-order valence-corrected chi connectivity index (χ0v) is 11.7. The van der Waals surface area contributed by atoms with Gasteiger partial charge in [-0.25, -0.2) is 4.79 Å². The average Bonchev–Trinajstić information content (AvgIpc) is 2.19. The van der Waals surface area contributed by atoms with Crippen LogP contribution in [0.15, 0.2) is 0 Å². The third kappa shape index (κ3) is 5.99. The first-order chi connectivity index (χ1) is 7.38. The lowest BCUT2D eigenvalue weighted by Crippen LogP contribution is -2.41. The van der Waals surface area contributed by atoms with E-state index in [1.807, 2.05) is 39.5 Å². The summed E-state index contributed by atoms with van der Waals surface area (Å²) in [4.78, 5) is 13.4. The van der Waals surface area contributed by atoms with Crippen molar-refractivity contribution in [1.29, 1.82) is 0 Å². The summed E-state index contributed by atoms with van der Waals surface area (Å²) in [6, 6.07) is 0. The Morgan fingerprint density at radius 3 is 2.00 bits per heavy atom. The SMILES string of the molecule is CC.CC1CCN(C(=O)OC(C)(C)C)CC1.